The van der Waals surface area contributed by atoms with Gasteiger partial charge in [0, 0.05) is 12.3 Å². The number of benzene rings is 1. The second-order valence-electron chi connectivity index (χ2n) is 9.23. The van der Waals surface area contributed by atoms with Crippen molar-refractivity contribution in [2.24, 2.45) is 5.92 Å². The number of hydrogen-bond donors (Lipinski definition) is 1. The smallest absolute Gasteiger partial charge is 0.320 e. The first-order chi connectivity index (χ1) is 13.7. The first-order valence-electron chi connectivity index (χ1n) is 10.6. The van der Waals surface area contributed by atoms with E-state index in [1.165, 1.54) is 5.56 Å². The molecule has 6 heteroatoms. The molecule has 2 aliphatic heterocycles. The van der Waals surface area contributed by atoms with Crippen LogP contribution >= 0.6 is 0 Å². The second kappa shape index (κ2) is 9.08. The van der Waals surface area contributed by atoms with Crippen LogP contribution in [0, 0.1) is 5.92 Å². The lowest BCUT2D eigenvalue weighted by Gasteiger charge is -2.32. The first-order valence-corrected chi connectivity index (χ1v) is 10.6. The Hall–Kier alpha value is -2.21. The second-order valence-corrected chi connectivity index (χ2v) is 9.23. The highest BCUT2D eigenvalue weighted by Gasteiger charge is 2.27. The SMILES string of the molecule is CC(C)(C)OC(=O)CN1CCC(c2ccc(CC3CCC(=O)NC3=O)cc2)CC1. The molecule has 1 aromatic carbocycles. The monoisotopic (exact) mass is 400 g/mol. The van der Waals surface area contributed by atoms with Crippen molar-refractivity contribution >= 4 is 17.8 Å². The van der Waals surface area contributed by atoms with Crippen LogP contribution in [-0.4, -0.2) is 47.9 Å². The molecule has 0 aliphatic carbocycles. The van der Waals surface area contributed by atoms with Crippen molar-refractivity contribution in [3.05, 3.63) is 35.4 Å². The molecule has 29 heavy (non-hydrogen) atoms. The molecule has 1 N–H and O–H groups in total. The van der Waals surface area contributed by atoms with Crippen molar-refractivity contribution in [3.63, 3.8) is 0 Å². The molecule has 2 fully saturated rings. The number of nitrogens with zero attached hydrogens (tertiary/aromatic N) is 1. The number of hydrogen-bond acceptors (Lipinski definition) is 5. The summed E-state index contributed by atoms with van der Waals surface area (Å²) >= 11 is 0. The summed E-state index contributed by atoms with van der Waals surface area (Å²) in [4.78, 5) is 37.4. The number of carbonyl (C=O) groups is 3. The zero-order chi connectivity index (χ0) is 21.0. The average Bonchev–Trinajstić information content (AvgIpc) is 2.64. The number of rotatable bonds is 5. The number of piperidine rings is 2. The van der Waals surface area contributed by atoms with Gasteiger partial charge in [-0.3, -0.25) is 24.6 Å². The number of imide groups is 1. The van der Waals surface area contributed by atoms with Crippen molar-refractivity contribution in [3.8, 4) is 0 Å². The fourth-order valence-corrected chi connectivity index (χ4v) is 4.12. The molecule has 2 saturated heterocycles. The van der Waals surface area contributed by atoms with E-state index in [0.29, 0.717) is 31.7 Å². The van der Waals surface area contributed by atoms with Crippen LogP contribution in [0.5, 0.6) is 0 Å². The van der Waals surface area contributed by atoms with Gasteiger partial charge in [0.05, 0.1) is 6.54 Å². The van der Waals surface area contributed by atoms with Gasteiger partial charge in [-0.2, -0.15) is 0 Å². The summed E-state index contributed by atoms with van der Waals surface area (Å²) in [6.45, 7) is 7.81. The van der Waals surface area contributed by atoms with Crippen molar-refractivity contribution in [2.45, 2.75) is 64.4 Å². The van der Waals surface area contributed by atoms with Gasteiger partial charge in [-0.1, -0.05) is 24.3 Å². The normalized spacial score (nSPS) is 21.7. The predicted molar refractivity (Wildman–Crippen MR) is 110 cm³/mol. The van der Waals surface area contributed by atoms with Gasteiger partial charge in [-0.15, -0.1) is 0 Å². The fraction of sp³-hybridized carbons (Fsp3) is 0.609. The van der Waals surface area contributed by atoms with Crippen LogP contribution in [0.3, 0.4) is 0 Å². The molecule has 1 atom stereocenters. The number of esters is 1. The molecule has 1 aromatic rings. The highest BCUT2D eigenvalue weighted by molar-refractivity contribution is 5.98. The Kier molecular flexibility index (Phi) is 6.73. The summed E-state index contributed by atoms with van der Waals surface area (Å²) in [6, 6.07) is 8.53. The summed E-state index contributed by atoms with van der Waals surface area (Å²) in [5, 5.41) is 2.43. The minimum absolute atomic E-state index is 0.116. The molecule has 158 valence electrons. The first kappa shape index (κ1) is 21.5. The van der Waals surface area contributed by atoms with Crippen molar-refractivity contribution in [1.82, 2.24) is 10.2 Å². The zero-order valence-corrected chi connectivity index (χ0v) is 17.7. The number of nitrogens with one attached hydrogen (secondary N) is 1. The Labute approximate surface area is 173 Å². The van der Waals surface area contributed by atoms with Gasteiger partial charge in [-0.25, -0.2) is 0 Å². The molecule has 0 saturated carbocycles. The predicted octanol–water partition coefficient (Wildman–Crippen LogP) is 2.80. The van der Waals surface area contributed by atoms with Gasteiger partial charge >= 0.3 is 5.97 Å². The Morgan fingerprint density at radius 2 is 1.76 bits per heavy atom. The Balaban J connectivity index is 1.47. The molecule has 6 nitrogen and oxygen atoms in total. The minimum atomic E-state index is -0.440. The Morgan fingerprint density at radius 3 is 2.34 bits per heavy atom. The van der Waals surface area contributed by atoms with E-state index in [0.717, 1.165) is 31.5 Å². The van der Waals surface area contributed by atoms with Crippen molar-refractivity contribution in [1.29, 1.82) is 0 Å². The molecule has 0 spiro atoms. The Bertz CT molecular complexity index is 743. The van der Waals surface area contributed by atoms with E-state index < -0.39 is 5.60 Å². The summed E-state index contributed by atoms with van der Waals surface area (Å²) in [6.07, 6.45) is 3.77. The minimum Gasteiger partial charge on any atom is -0.459 e. The highest BCUT2D eigenvalue weighted by atomic mass is 16.6. The van der Waals surface area contributed by atoms with E-state index in [9.17, 15) is 14.4 Å². The summed E-state index contributed by atoms with van der Waals surface area (Å²) in [7, 11) is 0. The van der Waals surface area contributed by atoms with Gasteiger partial charge < -0.3 is 4.74 Å². The van der Waals surface area contributed by atoms with Crippen LogP contribution in [-0.2, 0) is 25.5 Å². The zero-order valence-electron chi connectivity index (χ0n) is 17.7. The van der Waals surface area contributed by atoms with Crippen LogP contribution in [0.2, 0.25) is 0 Å². The van der Waals surface area contributed by atoms with E-state index in [4.69, 9.17) is 4.74 Å². The lowest BCUT2D eigenvalue weighted by molar-refractivity contribution is -0.156. The molecule has 0 bridgehead atoms. The average molecular weight is 401 g/mol. The maximum Gasteiger partial charge on any atom is 0.320 e. The van der Waals surface area contributed by atoms with Crippen LogP contribution in [0.15, 0.2) is 24.3 Å². The molecule has 0 radical (unpaired) electrons. The van der Waals surface area contributed by atoms with Crippen LogP contribution in [0.4, 0.5) is 0 Å². The van der Waals surface area contributed by atoms with Crippen LogP contribution in [0.1, 0.15) is 63.5 Å². The maximum atomic E-state index is 12.0. The highest BCUT2D eigenvalue weighted by Crippen LogP contribution is 2.29. The number of ether oxygens (including phenoxy) is 1. The van der Waals surface area contributed by atoms with Gasteiger partial charge in [0.25, 0.3) is 0 Å². The van der Waals surface area contributed by atoms with E-state index in [2.05, 4.69) is 34.5 Å². The summed E-state index contributed by atoms with van der Waals surface area (Å²) < 4.78 is 5.41. The van der Waals surface area contributed by atoms with Crippen LogP contribution in [0.25, 0.3) is 0 Å². The molecule has 2 aliphatic rings. The summed E-state index contributed by atoms with van der Waals surface area (Å²) in [5.41, 5.74) is 2.00. The number of likely N-dealkylation sites (tertiary alicyclic amines) is 1. The van der Waals surface area contributed by atoms with Gasteiger partial charge in [0.15, 0.2) is 0 Å². The Morgan fingerprint density at radius 1 is 1.10 bits per heavy atom. The van der Waals surface area contributed by atoms with Crippen molar-refractivity contribution in [2.75, 3.05) is 19.6 Å². The third kappa shape index (κ3) is 6.39. The fourth-order valence-electron chi connectivity index (χ4n) is 4.12. The molecular weight excluding hydrogens is 368 g/mol. The quantitative estimate of drug-likeness (QED) is 0.608. The molecule has 3 rings (SSSR count). The van der Waals surface area contributed by atoms with Gasteiger partial charge in [0.2, 0.25) is 11.8 Å². The van der Waals surface area contributed by atoms with E-state index in [1.807, 2.05) is 20.8 Å². The standard InChI is InChI=1S/C23H32N2O4/c1-23(2,3)29-21(27)15-25-12-10-18(11-13-25)17-6-4-16(5-7-17)14-19-8-9-20(26)24-22(19)28/h4-7,18-19H,8-15H2,1-3H3,(H,24,26,28). The molecular formula is C23H32N2O4. The lowest BCUT2D eigenvalue weighted by atomic mass is 9.87. The van der Waals surface area contributed by atoms with Gasteiger partial charge in [-0.05, 0) is 76.6 Å². The number of carbonyl (C=O) groups excluding carboxylic acids is 3. The van der Waals surface area contributed by atoms with E-state index >= 15 is 0 Å². The van der Waals surface area contributed by atoms with Crippen molar-refractivity contribution < 1.29 is 19.1 Å². The molecule has 1 unspecified atom stereocenters. The van der Waals surface area contributed by atoms with E-state index in [1.54, 1.807) is 0 Å². The molecule has 2 amide bonds. The van der Waals surface area contributed by atoms with Crippen LogP contribution < -0.4 is 5.32 Å². The topological polar surface area (TPSA) is 75.7 Å². The largest absolute Gasteiger partial charge is 0.459 e. The third-order valence-electron chi connectivity index (χ3n) is 5.65. The lowest BCUT2D eigenvalue weighted by Crippen LogP contribution is -2.41. The number of amides is 2. The van der Waals surface area contributed by atoms with E-state index in [-0.39, 0.29) is 23.7 Å². The maximum absolute atomic E-state index is 12.0. The molecule has 0 aromatic heterocycles. The summed E-state index contributed by atoms with van der Waals surface area (Å²) in [5.74, 6) is -0.0970. The molecule has 2 heterocycles. The van der Waals surface area contributed by atoms with Gasteiger partial charge in [0.1, 0.15) is 5.60 Å². The third-order valence-corrected chi connectivity index (χ3v) is 5.65.